The van der Waals surface area contributed by atoms with Gasteiger partial charge in [0.15, 0.2) is 0 Å². The van der Waals surface area contributed by atoms with Crippen molar-refractivity contribution < 1.29 is 9.47 Å². The monoisotopic (exact) mass is 412 g/mol. The maximum absolute atomic E-state index is 12.9. The Morgan fingerprint density at radius 2 is 1.87 bits per heavy atom. The third-order valence-corrected chi connectivity index (χ3v) is 6.63. The third-order valence-electron chi connectivity index (χ3n) is 6.63. The molecule has 1 saturated carbocycles. The quantitative estimate of drug-likeness (QED) is 0.551. The number of pyridine rings is 1. The van der Waals surface area contributed by atoms with Gasteiger partial charge in [-0.25, -0.2) is 0 Å². The van der Waals surface area contributed by atoms with Crippen LogP contribution in [0, 0.1) is 5.92 Å². The van der Waals surface area contributed by atoms with Crippen molar-refractivity contribution in [3.05, 3.63) is 40.2 Å². The summed E-state index contributed by atoms with van der Waals surface area (Å²) < 4.78 is 11.8. The number of nitrogens with zero attached hydrogens (tertiary/aromatic N) is 1. The SMILES string of the molecule is COCCN1CCC(Oc2c(CCCCCC3CC3)c(=O)[nH]c3ccccc23)CC1. The van der Waals surface area contributed by atoms with E-state index >= 15 is 0 Å². The first-order chi connectivity index (χ1) is 14.7. The first kappa shape index (κ1) is 21.4. The van der Waals surface area contributed by atoms with Gasteiger partial charge in [-0.3, -0.25) is 4.79 Å². The molecule has 2 heterocycles. The summed E-state index contributed by atoms with van der Waals surface area (Å²) in [6.45, 7) is 3.79. The van der Waals surface area contributed by atoms with E-state index in [0.29, 0.717) is 0 Å². The second-order valence-corrected chi connectivity index (χ2v) is 9.00. The van der Waals surface area contributed by atoms with Gasteiger partial charge in [-0.2, -0.15) is 0 Å². The van der Waals surface area contributed by atoms with E-state index < -0.39 is 0 Å². The van der Waals surface area contributed by atoms with Crippen molar-refractivity contribution in [2.24, 2.45) is 5.92 Å². The predicted octanol–water partition coefficient (Wildman–Crippen LogP) is 4.53. The van der Waals surface area contributed by atoms with Crippen LogP contribution in [0.25, 0.3) is 10.9 Å². The highest BCUT2D eigenvalue weighted by Crippen LogP contribution is 2.34. The molecule has 2 fully saturated rings. The summed E-state index contributed by atoms with van der Waals surface area (Å²) in [4.78, 5) is 18.4. The number of fused-ring (bicyclic) bond motifs is 1. The minimum atomic E-state index is 0.0171. The van der Waals surface area contributed by atoms with Crippen molar-refractivity contribution in [1.82, 2.24) is 9.88 Å². The minimum Gasteiger partial charge on any atom is -0.489 e. The standard InChI is InChI=1S/C25H36N2O3/c1-29-18-17-27-15-13-20(14-16-27)30-24-21-8-5-6-10-23(21)26-25(28)22(24)9-4-2-3-7-19-11-12-19/h5-6,8,10,19-20H,2-4,7,9,11-18H2,1H3,(H,26,28). The van der Waals surface area contributed by atoms with Crippen molar-refractivity contribution in [2.45, 2.75) is 63.9 Å². The fraction of sp³-hybridized carbons (Fsp3) is 0.640. The fourth-order valence-electron chi connectivity index (χ4n) is 4.57. The summed E-state index contributed by atoms with van der Waals surface area (Å²) in [5, 5.41) is 1.03. The van der Waals surface area contributed by atoms with Gasteiger partial charge in [0.25, 0.3) is 5.56 Å². The highest BCUT2D eigenvalue weighted by molar-refractivity contribution is 5.86. The number of nitrogens with one attached hydrogen (secondary N) is 1. The van der Waals surface area contributed by atoms with Gasteiger partial charge in [-0.05, 0) is 43.7 Å². The Balaban J connectivity index is 1.44. The normalized spacial score (nSPS) is 18.2. The van der Waals surface area contributed by atoms with Crippen LogP contribution in [0.5, 0.6) is 5.75 Å². The number of hydrogen-bond donors (Lipinski definition) is 1. The molecule has 1 aromatic carbocycles. The van der Waals surface area contributed by atoms with Crippen molar-refractivity contribution in [2.75, 3.05) is 33.4 Å². The first-order valence-corrected chi connectivity index (χ1v) is 11.8. The van der Waals surface area contributed by atoms with Gasteiger partial charge in [-0.1, -0.05) is 44.2 Å². The Morgan fingerprint density at radius 3 is 2.63 bits per heavy atom. The number of piperidine rings is 1. The molecule has 164 valence electrons. The van der Waals surface area contributed by atoms with Crippen LogP contribution in [-0.2, 0) is 11.2 Å². The van der Waals surface area contributed by atoms with Crippen LogP contribution in [0.15, 0.2) is 29.1 Å². The Morgan fingerprint density at radius 1 is 1.07 bits per heavy atom. The van der Waals surface area contributed by atoms with Gasteiger partial charge in [0.1, 0.15) is 11.9 Å². The molecule has 0 bridgehead atoms. The number of para-hydroxylation sites is 1. The molecule has 2 aliphatic rings. The molecule has 1 aromatic heterocycles. The summed E-state index contributed by atoms with van der Waals surface area (Å²) in [7, 11) is 1.75. The van der Waals surface area contributed by atoms with E-state index in [4.69, 9.17) is 9.47 Å². The van der Waals surface area contributed by atoms with Crippen molar-refractivity contribution in [3.63, 3.8) is 0 Å². The lowest BCUT2D eigenvalue weighted by molar-refractivity contribution is 0.0799. The zero-order valence-corrected chi connectivity index (χ0v) is 18.3. The summed E-state index contributed by atoms with van der Waals surface area (Å²) in [5.74, 6) is 1.81. The predicted molar refractivity (Wildman–Crippen MR) is 121 cm³/mol. The van der Waals surface area contributed by atoms with Crippen molar-refractivity contribution in [3.8, 4) is 5.75 Å². The summed E-state index contributed by atoms with van der Waals surface area (Å²) in [6.07, 6.45) is 10.7. The van der Waals surface area contributed by atoms with Gasteiger partial charge < -0.3 is 19.4 Å². The lowest BCUT2D eigenvalue weighted by Crippen LogP contribution is -2.40. The van der Waals surface area contributed by atoms with Gasteiger partial charge in [0.05, 0.1) is 17.7 Å². The molecule has 5 nitrogen and oxygen atoms in total. The van der Waals surface area contributed by atoms with E-state index in [9.17, 15) is 4.79 Å². The molecular weight excluding hydrogens is 376 g/mol. The number of rotatable bonds is 11. The van der Waals surface area contributed by atoms with Crippen LogP contribution in [0.1, 0.15) is 56.9 Å². The molecule has 0 spiro atoms. The number of benzene rings is 1. The zero-order valence-electron chi connectivity index (χ0n) is 18.3. The van der Waals surface area contributed by atoms with Gasteiger partial charge >= 0.3 is 0 Å². The van der Waals surface area contributed by atoms with E-state index in [1.54, 1.807) is 7.11 Å². The fourth-order valence-corrected chi connectivity index (χ4v) is 4.57. The zero-order chi connectivity index (χ0) is 20.8. The molecule has 0 radical (unpaired) electrons. The van der Waals surface area contributed by atoms with Crippen LogP contribution >= 0.6 is 0 Å². The van der Waals surface area contributed by atoms with Crippen molar-refractivity contribution >= 4 is 10.9 Å². The second-order valence-electron chi connectivity index (χ2n) is 9.00. The van der Waals surface area contributed by atoms with Crippen LogP contribution < -0.4 is 10.3 Å². The lowest BCUT2D eigenvalue weighted by Gasteiger charge is -2.32. The molecule has 1 aliphatic heterocycles. The number of aromatic amines is 1. The van der Waals surface area contributed by atoms with Crippen LogP contribution in [0.4, 0.5) is 0 Å². The second kappa shape index (κ2) is 10.5. The topological polar surface area (TPSA) is 54.6 Å². The van der Waals surface area contributed by atoms with Crippen LogP contribution in [0.3, 0.4) is 0 Å². The molecule has 0 atom stereocenters. The molecule has 1 saturated heterocycles. The van der Waals surface area contributed by atoms with Gasteiger partial charge in [-0.15, -0.1) is 0 Å². The molecule has 5 heteroatoms. The van der Waals surface area contributed by atoms with Crippen LogP contribution in [-0.4, -0.2) is 49.3 Å². The van der Waals surface area contributed by atoms with Crippen molar-refractivity contribution in [1.29, 1.82) is 0 Å². The number of H-pyrrole nitrogens is 1. The van der Waals surface area contributed by atoms with E-state index in [2.05, 4.69) is 16.0 Å². The summed E-state index contributed by atoms with van der Waals surface area (Å²) in [6, 6.07) is 8.04. The molecule has 30 heavy (non-hydrogen) atoms. The number of ether oxygens (including phenoxy) is 2. The molecule has 0 amide bonds. The maximum Gasteiger partial charge on any atom is 0.255 e. The van der Waals surface area contributed by atoms with Gasteiger partial charge in [0, 0.05) is 32.1 Å². The molecule has 1 aliphatic carbocycles. The van der Waals surface area contributed by atoms with E-state index in [1.807, 2.05) is 18.2 Å². The number of methoxy groups -OCH3 is 1. The smallest absolute Gasteiger partial charge is 0.255 e. The minimum absolute atomic E-state index is 0.0171. The Labute approximate surface area is 179 Å². The summed E-state index contributed by atoms with van der Waals surface area (Å²) >= 11 is 0. The average Bonchev–Trinajstić information content (AvgIpc) is 3.59. The highest BCUT2D eigenvalue weighted by atomic mass is 16.5. The molecule has 1 N–H and O–H groups in total. The Bertz CT molecular complexity index is 866. The maximum atomic E-state index is 12.9. The third kappa shape index (κ3) is 5.64. The number of likely N-dealkylation sites (tertiary alicyclic amines) is 1. The Hall–Kier alpha value is -1.85. The highest BCUT2D eigenvalue weighted by Gasteiger charge is 2.24. The molecule has 4 rings (SSSR count). The van der Waals surface area contributed by atoms with Gasteiger partial charge in [0.2, 0.25) is 0 Å². The average molecular weight is 413 g/mol. The largest absolute Gasteiger partial charge is 0.489 e. The number of unbranched alkanes of at least 4 members (excludes halogenated alkanes) is 2. The Kier molecular flexibility index (Phi) is 7.45. The van der Waals surface area contributed by atoms with E-state index in [1.165, 1.54) is 32.1 Å². The number of aromatic nitrogens is 1. The molecule has 2 aromatic rings. The van der Waals surface area contributed by atoms with E-state index in [-0.39, 0.29) is 11.7 Å². The van der Waals surface area contributed by atoms with Crippen LogP contribution in [0.2, 0.25) is 0 Å². The molecular formula is C25H36N2O3. The number of hydrogen-bond acceptors (Lipinski definition) is 4. The summed E-state index contributed by atoms with van der Waals surface area (Å²) in [5.41, 5.74) is 1.72. The molecule has 0 unspecified atom stereocenters. The first-order valence-electron chi connectivity index (χ1n) is 11.8. The lowest BCUT2D eigenvalue weighted by atomic mass is 10.0. The van der Waals surface area contributed by atoms with E-state index in [0.717, 1.165) is 80.1 Å².